The maximum Gasteiger partial charge on any atom is 0.416 e. The van der Waals surface area contributed by atoms with Crippen LogP contribution in [-0.4, -0.2) is 49.3 Å². The summed E-state index contributed by atoms with van der Waals surface area (Å²) in [6.07, 6.45) is -1.44. The summed E-state index contributed by atoms with van der Waals surface area (Å²) in [6.45, 7) is 1.40. The minimum Gasteiger partial charge on any atom is -0.394 e. The number of alkyl halides is 3. The number of hydrogen-bond acceptors (Lipinski definition) is 6. The fraction of sp³-hybridized carbons (Fsp3) is 0.258. The Hall–Kier alpha value is -4.02. The number of piperidine rings is 1. The van der Waals surface area contributed by atoms with Crippen molar-refractivity contribution >= 4 is 57.8 Å². The number of aliphatic imine (C=N–C) groups is 2. The molecule has 8 nitrogen and oxygen atoms in total. The third-order valence-corrected chi connectivity index (χ3v) is 8.23. The number of nitrogens with zero attached hydrogens (tertiary/aromatic N) is 3. The van der Waals surface area contributed by atoms with Gasteiger partial charge in [0.05, 0.1) is 31.7 Å². The summed E-state index contributed by atoms with van der Waals surface area (Å²) >= 11 is 13.8. The van der Waals surface area contributed by atoms with E-state index in [0.29, 0.717) is 50.4 Å². The molecule has 2 aromatic carbocycles. The number of nitrogens with one attached hydrogen (secondary N) is 2. The number of amides is 1. The van der Waals surface area contributed by atoms with Crippen molar-refractivity contribution in [3.05, 3.63) is 96.8 Å². The number of carbonyl (C=O) groups excluding carboxylic acids is 1. The van der Waals surface area contributed by atoms with Crippen LogP contribution in [0.3, 0.4) is 0 Å². The first kappa shape index (κ1) is 33.9. The Kier molecular flexibility index (Phi) is 11.5. The average Bonchev–Trinajstić information content (AvgIpc) is 3.49. The molecule has 2 heterocycles. The van der Waals surface area contributed by atoms with Crippen molar-refractivity contribution in [1.29, 1.82) is 0 Å². The Morgan fingerprint density at radius 2 is 1.73 bits per heavy atom. The quantitative estimate of drug-likeness (QED) is 0.108. The van der Waals surface area contributed by atoms with Gasteiger partial charge in [-0.25, -0.2) is 10.0 Å². The summed E-state index contributed by atoms with van der Waals surface area (Å²) in [4.78, 5) is 23.3. The molecule has 45 heavy (non-hydrogen) atoms. The normalized spacial score (nSPS) is 15.2. The lowest BCUT2D eigenvalue weighted by molar-refractivity contribution is -0.137. The topological polar surface area (TPSA) is 121 Å². The Bertz CT molecular complexity index is 1680. The molecule has 1 saturated heterocycles. The molecule has 0 aliphatic carbocycles. The molecule has 1 fully saturated rings. The van der Waals surface area contributed by atoms with Crippen LogP contribution >= 0.6 is 34.5 Å². The van der Waals surface area contributed by atoms with Crippen LogP contribution in [0.15, 0.2) is 75.9 Å². The summed E-state index contributed by atoms with van der Waals surface area (Å²) in [5.74, 6) is 5.48. The molecule has 236 valence electrons. The fourth-order valence-corrected chi connectivity index (χ4v) is 5.61. The maximum absolute atomic E-state index is 13.4. The zero-order chi connectivity index (χ0) is 32.6. The van der Waals surface area contributed by atoms with Crippen LogP contribution in [0.4, 0.5) is 18.9 Å². The molecule has 0 spiro atoms. The number of benzene rings is 2. The SMILES string of the molecule is CN=C(N)NCC(C(=Nc1ccc(Cl)cc1Cl)c1ccc(C#Cc2ccc(C(F)(F)F)cc2)s1)=C(N)C(=O)NN1CCCCC1. The fourth-order valence-electron chi connectivity index (χ4n) is 4.28. The smallest absolute Gasteiger partial charge is 0.394 e. The highest BCUT2D eigenvalue weighted by Gasteiger charge is 2.30. The van der Waals surface area contributed by atoms with E-state index in [1.807, 2.05) is 5.01 Å². The number of carbonyl (C=O) groups is 1. The highest BCUT2D eigenvalue weighted by atomic mass is 35.5. The van der Waals surface area contributed by atoms with E-state index in [9.17, 15) is 18.0 Å². The van der Waals surface area contributed by atoms with Gasteiger partial charge in [0.25, 0.3) is 5.91 Å². The summed E-state index contributed by atoms with van der Waals surface area (Å²) in [7, 11) is 1.52. The zero-order valence-electron chi connectivity index (χ0n) is 24.1. The first-order valence-corrected chi connectivity index (χ1v) is 15.4. The standard InChI is InChI=1S/C31H30Cl2F3N7OS/c1-39-30(38)40-18-23(27(37)29(44)42-43-15-3-2-4-16-43)28(41-25-13-10-21(32)17-24(25)33)26-14-12-22(45-26)11-7-19-5-8-20(9-6-19)31(34,35)36/h5-6,8-10,12-14,17H,2-4,15-16,18,37H2,1H3,(H,42,44)(H3,38,39,40). The van der Waals surface area contributed by atoms with Gasteiger partial charge in [0, 0.05) is 42.8 Å². The largest absolute Gasteiger partial charge is 0.416 e. The van der Waals surface area contributed by atoms with Crippen LogP contribution in [0, 0.1) is 11.8 Å². The van der Waals surface area contributed by atoms with Gasteiger partial charge in [-0.05, 0) is 67.4 Å². The predicted octanol–water partition coefficient (Wildman–Crippen LogP) is 5.86. The van der Waals surface area contributed by atoms with Crippen molar-refractivity contribution in [3.8, 4) is 11.8 Å². The van der Waals surface area contributed by atoms with Crippen molar-refractivity contribution in [2.24, 2.45) is 21.5 Å². The van der Waals surface area contributed by atoms with Gasteiger partial charge >= 0.3 is 6.18 Å². The van der Waals surface area contributed by atoms with E-state index < -0.39 is 17.6 Å². The molecule has 0 radical (unpaired) electrons. The number of guanidine groups is 1. The van der Waals surface area contributed by atoms with E-state index in [1.54, 1.807) is 30.3 Å². The van der Waals surface area contributed by atoms with Crippen LogP contribution in [-0.2, 0) is 11.0 Å². The molecule has 4 rings (SSSR count). The Morgan fingerprint density at radius 3 is 2.38 bits per heavy atom. The molecule has 6 N–H and O–H groups in total. The lowest BCUT2D eigenvalue weighted by Gasteiger charge is -2.27. The number of nitrogens with two attached hydrogens (primary N) is 2. The molecule has 1 aromatic heterocycles. The third-order valence-electron chi connectivity index (χ3n) is 6.68. The summed E-state index contributed by atoms with van der Waals surface area (Å²) in [5.41, 5.74) is 15.9. The molecule has 1 amide bonds. The lowest BCUT2D eigenvalue weighted by atomic mass is 10.1. The summed E-state index contributed by atoms with van der Waals surface area (Å²) in [6, 6.07) is 12.9. The van der Waals surface area contributed by atoms with E-state index in [2.05, 4.69) is 27.6 Å². The third kappa shape index (κ3) is 9.48. The lowest BCUT2D eigenvalue weighted by Crippen LogP contribution is -2.47. The van der Waals surface area contributed by atoms with E-state index in [1.165, 1.54) is 30.5 Å². The first-order chi connectivity index (χ1) is 21.4. The van der Waals surface area contributed by atoms with Gasteiger partial charge in [0.2, 0.25) is 0 Å². The van der Waals surface area contributed by atoms with Crippen molar-refractivity contribution in [2.75, 3.05) is 26.7 Å². The van der Waals surface area contributed by atoms with Gasteiger partial charge in [-0.15, -0.1) is 11.3 Å². The average molecular weight is 677 g/mol. The molecule has 0 saturated carbocycles. The van der Waals surface area contributed by atoms with Gasteiger partial charge in [0.15, 0.2) is 5.96 Å². The molecular weight excluding hydrogens is 646 g/mol. The number of halogens is 5. The van der Waals surface area contributed by atoms with Crippen LogP contribution < -0.4 is 22.2 Å². The molecule has 0 bridgehead atoms. The van der Waals surface area contributed by atoms with Crippen molar-refractivity contribution in [3.63, 3.8) is 0 Å². The second-order valence-electron chi connectivity index (χ2n) is 9.89. The van der Waals surface area contributed by atoms with Gasteiger partial charge in [-0.1, -0.05) is 41.5 Å². The predicted molar refractivity (Wildman–Crippen MR) is 175 cm³/mol. The second-order valence-corrected chi connectivity index (χ2v) is 11.8. The molecule has 3 aromatic rings. The Morgan fingerprint density at radius 1 is 1.02 bits per heavy atom. The monoisotopic (exact) mass is 675 g/mol. The molecule has 1 aliphatic heterocycles. The van der Waals surface area contributed by atoms with E-state index in [0.717, 1.165) is 31.4 Å². The van der Waals surface area contributed by atoms with Crippen LogP contribution in [0.2, 0.25) is 10.0 Å². The number of thiophene rings is 1. The van der Waals surface area contributed by atoms with Crippen LogP contribution in [0.1, 0.15) is 40.1 Å². The van der Waals surface area contributed by atoms with E-state index in [-0.39, 0.29) is 23.2 Å². The maximum atomic E-state index is 13.4. The molecule has 0 atom stereocenters. The summed E-state index contributed by atoms with van der Waals surface area (Å²) in [5, 5.41) is 5.48. The molecule has 0 unspecified atom stereocenters. The minimum atomic E-state index is -4.43. The van der Waals surface area contributed by atoms with Crippen LogP contribution in [0.25, 0.3) is 0 Å². The second kappa shape index (κ2) is 15.3. The Labute approximate surface area is 273 Å². The van der Waals surface area contributed by atoms with Gasteiger partial charge in [-0.3, -0.25) is 15.2 Å². The number of hydrazine groups is 1. The highest BCUT2D eigenvalue weighted by molar-refractivity contribution is 7.14. The van der Waals surface area contributed by atoms with Crippen molar-refractivity contribution < 1.29 is 18.0 Å². The molecule has 14 heteroatoms. The number of hydrogen-bond donors (Lipinski definition) is 4. The minimum absolute atomic E-state index is 0.00304. The Balaban J connectivity index is 1.77. The zero-order valence-corrected chi connectivity index (χ0v) is 26.5. The molecular formula is C31H30Cl2F3N7OS. The highest BCUT2D eigenvalue weighted by Crippen LogP contribution is 2.32. The van der Waals surface area contributed by atoms with Crippen molar-refractivity contribution in [1.82, 2.24) is 15.8 Å². The van der Waals surface area contributed by atoms with E-state index in [4.69, 9.17) is 39.7 Å². The number of rotatable bonds is 7. The van der Waals surface area contributed by atoms with Gasteiger partial charge in [-0.2, -0.15) is 13.2 Å². The van der Waals surface area contributed by atoms with Gasteiger partial charge in [0.1, 0.15) is 5.70 Å². The summed E-state index contributed by atoms with van der Waals surface area (Å²) < 4.78 is 38.8. The van der Waals surface area contributed by atoms with Gasteiger partial charge < -0.3 is 16.8 Å². The van der Waals surface area contributed by atoms with Crippen LogP contribution in [0.5, 0.6) is 0 Å². The molecule has 1 aliphatic rings. The van der Waals surface area contributed by atoms with E-state index >= 15 is 0 Å². The van der Waals surface area contributed by atoms with Crippen molar-refractivity contribution in [2.45, 2.75) is 25.4 Å². The first-order valence-electron chi connectivity index (χ1n) is 13.8.